The molecule has 0 aromatic heterocycles. The number of aliphatic hydroxyl groups is 1. The average Bonchev–Trinajstić information content (AvgIpc) is 3.23. The molecule has 0 spiro atoms. The number of hydrogen-bond acceptors (Lipinski definition) is 9. The van der Waals surface area contributed by atoms with Crippen molar-refractivity contribution in [3.63, 3.8) is 0 Å². The monoisotopic (exact) mass is 642 g/mol. The van der Waals surface area contributed by atoms with E-state index in [0.29, 0.717) is 19.4 Å². The van der Waals surface area contributed by atoms with E-state index >= 15 is 0 Å². The molecule has 1 aromatic rings. The molecule has 1 unspecified atom stereocenters. The van der Waals surface area contributed by atoms with Crippen molar-refractivity contribution in [2.75, 3.05) is 26.4 Å². The number of halogens is 3. The normalized spacial score (nSPS) is 16.1. The van der Waals surface area contributed by atoms with E-state index < -0.39 is 46.2 Å². The van der Waals surface area contributed by atoms with Crippen LogP contribution in [0.4, 0.5) is 13.2 Å². The van der Waals surface area contributed by atoms with E-state index in [4.69, 9.17) is 19.5 Å². The molecule has 0 saturated heterocycles. The summed E-state index contributed by atoms with van der Waals surface area (Å²) in [6.07, 6.45) is 2.56. The molecular formula is C25H30F3InN2O7. The number of nitrogens with zero attached hydrogens (tertiary/aromatic N) is 1. The minimum absolute atomic E-state index is 0.0205. The first kappa shape index (κ1) is 31.5. The Kier molecular flexibility index (Phi) is 13.5. The number of carbonyl (C=O) groups is 2. The Hall–Kier alpha value is -2.69. The maximum absolute atomic E-state index is 12.5. The van der Waals surface area contributed by atoms with Crippen LogP contribution in [0.1, 0.15) is 26.2 Å². The summed E-state index contributed by atoms with van der Waals surface area (Å²) in [5.41, 5.74) is 0. The van der Waals surface area contributed by atoms with Gasteiger partial charge in [0.15, 0.2) is 0 Å². The molecule has 1 aromatic carbocycles. The minimum atomic E-state index is -4.45. The minimum Gasteiger partial charge on any atom is -0.167 e. The van der Waals surface area contributed by atoms with Crippen LogP contribution in [-0.4, -0.2) is 80.9 Å². The van der Waals surface area contributed by atoms with Crippen LogP contribution in [0.25, 0.3) is 0 Å². The van der Waals surface area contributed by atoms with E-state index in [9.17, 15) is 27.9 Å². The number of ether oxygens (including phenoxy) is 4. The van der Waals surface area contributed by atoms with Crippen molar-refractivity contribution in [2.24, 2.45) is 0 Å². The Morgan fingerprint density at radius 3 is 2.58 bits per heavy atom. The van der Waals surface area contributed by atoms with Crippen LogP contribution in [0.15, 0.2) is 45.8 Å². The summed E-state index contributed by atoms with van der Waals surface area (Å²) in [4.78, 5) is 23.3. The second-order valence-electron chi connectivity index (χ2n) is 8.57. The van der Waals surface area contributed by atoms with E-state index in [0.717, 1.165) is 22.8 Å². The predicted octanol–water partition coefficient (Wildman–Crippen LogP) is 3.15. The first-order valence-corrected chi connectivity index (χ1v) is 17.9. The summed E-state index contributed by atoms with van der Waals surface area (Å²) in [7, 11) is 0. The number of aliphatic hydroxyl groups excluding tert-OH is 1. The van der Waals surface area contributed by atoms with Gasteiger partial charge >= 0.3 is 214 Å². The van der Waals surface area contributed by atoms with Gasteiger partial charge < -0.3 is 0 Å². The Morgan fingerprint density at radius 2 is 1.92 bits per heavy atom. The fourth-order valence-corrected chi connectivity index (χ4v) is 14.6. The van der Waals surface area contributed by atoms with Gasteiger partial charge in [-0.2, -0.15) is 13.2 Å². The van der Waals surface area contributed by atoms with Gasteiger partial charge in [-0.1, -0.05) is 0 Å². The molecule has 1 heterocycles. The van der Waals surface area contributed by atoms with E-state index in [2.05, 4.69) is 16.1 Å². The molecule has 0 radical (unpaired) electrons. The number of nitriles is 1. The zero-order valence-corrected chi connectivity index (χ0v) is 24.2. The van der Waals surface area contributed by atoms with Crippen molar-refractivity contribution in [1.29, 1.82) is 5.26 Å². The third kappa shape index (κ3) is 11.8. The van der Waals surface area contributed by atoms with Crippen molar-refractivity contribution in [2.45, 2.75) is 46.4 Å². The van der Waals surface area contributed by atoms with Gasteiger partial charge in [-0.25, -0.2) is 0 Å². The summed E-state index contributed by atoms with van der Waals surface area (Å²) in [5.74, 6) is -1.40. The molecule has 0 amide bonds. The van der Waals surface area contributed by atoms with E-state index in [1.807, 2.05) is 6.92 Å². The van der Waals surface area contributed by atoms with Gasteiger partial charge in [0.2, 0.25) is 0 Å². The molecule has 1 aliphatic heterocycles. The van der Waals surface area contributed by atoms with E-state index in [1.165, 1.54) is 15.7 Å². The molecule has 9 nitrogen and oxygen atoms in total. The molecule has 2 rings (SSSR count). The first-order chi connectivity index (χ1) is 18.1. The predicted molar refractivity (Wildman–Crippen MR) is 131 cm³/mol. The van der Waals surface area contributed by atoms with Gasteiger partial charge in [-0.05, 0) is 0 Å². The van der Waals surface area contributed by atoms with Crippen LogP contribution in [0.2, 0.25) is 4.18 Å². The van der Waals surface area contributed by atoms with Crippen LogP contribution in [0.5, 0.6) is 11.5 Å². The van der Waals surface area contributed by atoms with Crippen LogP contribution >= 0.6 is 0 Å². The van der Waals surface area contributed by atoms with E-state index in [1.54, 1.807) is 18.2 Å². The quantitative estimate of drug-likeness (QED) is 0.128. The second kappa shape index (κ2) is 16.3. The van der Waals surface area contributed by atoms with Gasteiger partial charge in [-0.15, -0.1) is 0 Å². The molecule has 2 atom stereocenters. The van der Waals surface area contributed by atoms with Crippen molar-refractivity contribution in [3.8, 4) is 17.8 Å². The van der Waals surface area contributed by atoms with Crippen molar-refractivity contribution >= 4 is 33.4 Å². The summed E-state index contributed by atoms with van der Waals surface area (Å²) in [6, 6.07) is 6.23. The maximum atomic E-state index is 12.5. The summed E-state index contributed by atoms with van der Waals surface area (Å²) in [6.45, 7) is 1.30. The molecule has 13 heteroatoms. The molecule has 38 heavy (non-hydrogen) atoms. The topological polar surface area (TPSA) is 127 Å². The number of benzene rings is 1. The Labute approximate surface area is 226 Å². The number of hydrogen-bond donors (Lipinski definition) is 2. The summed E-state index contributed by atoms with van der Waals surface area (Å²) < 4.78 is 59.3. The zero-order chi connectivity index (χ0) is 28.0. The molecule has 0 saturated carbocycles. The van der Waals surface area contributed by atoms with Crippen molar-refractivity contribution < 1.29 is 46.8 Å². The standard InChI is InChI=1S/C22H23F3N2O6.C3H7O.In/c1-17(7-3-2-6-13-31-20(28)10-11-21(29)33-16-26)27-12-14-30-18-8-4-5-9-19(18)32-15-22(23,24)25;1-2-3-4;/h2,4-5,8-11,13,17,27H,6-7,12,14-15H2,1H3;4H,1-3H2;/b3-2?,11-10-;;/t17-;;/m1../s1. The molecule has 1 aliphatic rings. The summed E-state index contributed by atoms with van der Waals surface area (Å²) >= 11 is -2.59. The van der Waals surface area contributed by atoms with E-state index in [-0.39, 0.29) is 34.6 Å². The fraction of sp³-hybridized carbons (Fsp3) is 0.480. The summed E-state index contributed by atoms with van der Waals surface area (Å²) in [5, 5.41) is 21.0. The van der Waals surface area contributed by atoms with Gasteiger partial charge in [0.25, 0.3) is 0 Å². The van der Waals surface area contributed by atoms with Gasteiger partial charge in [0.1, 0.15) is 0 Å². The van der Waals surface area contributed by atoms with Crippen LogP contribution in [-0.2, 0) is 19.1 Å². The fourth-order valence-electron chi connectivity index (χ4n) is 4.01. The second-order valence-corrected chi connectivity index (χ2v) is 17.9. The smallest absolute Gasteiger partial charge is 0.167 e. The number of carbonyl (C=O) groups excluding carboxylic acids is 2. The Balaban J connectivity index is 1.83. The molecule has 206 valence electrons. The third-order valence-corrected chi connectivity index (χ3v) is 16.3. The van der Waals surface area contributed by atoms with Crippen LogP contribution in [0.3, 0.4) is 0 Å². The number of rotatable bonds is 15. The number of alkyl halides is 3. The van der Waals surface area contributed by atoms with Crippen LogP contribution < -0.4 is 14.8 Å². The van der Waals surface area contributed by atoms with Gasteiger partial charge in [-0.3, -0.25) is 0 Å². The zero-order valence-electron chi connectivity index (χ0n) is 20.9. The number of esters is 2. The molecule has 2 N–H and O–H groups in total. The van der Waals surface area contributed by atoms with Crippen LogP contribution in [0, 0.1) is 11.5 Å². The Morgan fingerprint density at radius 1 is 1.24 bits per heavy atom. The Bertz CT molecular complexity index is 1030. The number of para-hydroxylation sites is 2. The third-order valence-electron chi connectivity index (χ3n) is 5.61. The SMILES string of the molecule is C[C@H](C[C]1=CC[CH](OC(=O)/C=C\C(=O)OC#N)[In]1[CH2]CCO)NCCOc1ccccc1OCC(F)(F)F. The molecule has 0 fully saturated rings. The van der Waals surface area contributed by atoms with Gasteiger partial charge in [0, 0.05) is 0 Å². The molecular weight excluding hydrogens is 612 g/mol. The molecule has 0 aliphatic carbocycles. The molecule has 0 bridgehead atoms. The number of nitrogens with one attached hydrogen (secondary N) is 1. The van der Waals surface area contributed by atoms with Crippen molar-refractivity contribution in [1.82, 2.24) is 5.32 Å². The van der Waals surface area contributed by atoms with Crippen molar-refractivity contribution in [3.05, 3.63) is 45.8 Å². The van der Waals surface area contributed by atoms with Gasteiger partial charge in [0.05, 0.1) is 0 Å². The first-order valence-electron chi connectivity index (χ1n) is 12.1. The average molecular weight is 642 g/mol.